The Labute approximate surface area is 276 Å². The van der Waals surface area contributed by atoms with E-state index in [1.807, 2.05) is 12.1 Å². The van der Waals surface area contributed by atoms with Crippen molar-refractivity contribution in [3.05, 3.63) is 47.0 Å². The van der Waals surface area contributed by atoms with Gasteiger partial charge in [-0.1, -0.05) is 12.1 Å². The smallest absolute Gasteiger partial charge is 0.187 e. The first-order valence-electron chi connectivity index (χ1n) is 15.6. The highest BCUT2D eigenvalue weighted by molar-refractivity contribution is 5.56. The van der Waals surface area contributed by atoms with Crippen molar-refractivity contribution in [2.75, 3.05) is 40.6 Å². The standard InChI is InChI=1S/C32H44O16/c1-42-19-10-15(5-6-18(19)36)28-17(16-8-14(4-3-7-33)9-20(43-2)29(16)47-28)13-44-32-30(26(40)24(38)22(12-35)46-32)48-31-27(41)25(39)23(37)21(11-34)45-31/h5-6,8-10,17,21-28,30-41H,3-4,7,11-13H2,1-2H3/t17-,21+,22+,23+,24+,25-,26-,27+,28+,30+,31-,32+/m0/s1. The van der Waals surface area contributed by atoms with Gasteiger partial charge in [-0.2, -0.15) is 0 Å². The Morgan fingerprint density at radius 2 is 1.42 bits per heavy atom. The first-order valence-corrected chi connectivity index (χ1v) is 15.6. The summed E-state index contributed by atoms with van der Waals surface area (Å²) in [6, 6.07) is 8.44. The van der Waals surface area contributed by atoms with Gasteiger partial charge in [0.2, 0.25) is 0 Å². The second kappa shape index (κ2) is 15.8. The maximum atomic E-state index is 11.1. The number of hydrogen-bond donors (Lipinski definition) is 9. The van der Waals surface area contributed by atoms with Crippen molar-refractivity contribution >= 4 is 0 Å². The van der Waals surface area contributed by atoms with Gasteiger partial charge >= 0.3 is 0 Å². The maximum Gasteiger partial charge on any atom is 0.187 e. The third-order valence-corrected chi connectivity index (χ3v) is 8.93. The Kier molecular flexibility index (Phi) is 12.0. The summed E-state index contributed by atoms with van der Waals surface area (Å²) < 4.78 is 40.7. The molecule has 0 radical (unpaired) electrons. The van der Waals surface area contributed by atoms with Crippen molar-refractivity contribution in [3.8, 4) is 23.0 Å². The van der Waals surface area contributed by atoms with E-state index in [4.69, 9.17) is 33.2 Å². The van der Waals surface area contributed by atoms with E-state index in [0.29, 0.717) is 35.5 Å². The van der Waals surface area contributed by atoms with Crippen molar-refractivity contribution in [2.45, 2.75) is 86.3 Å². The average Bonchev–Trinajstić information content (AvgIpc) is 3.46. The van der Waals surface area contributed by atoms with E-state index < -0.39 is 86.6 Å². The van der Waals surface area contributed by atoms with E-state index in [1.54, 1.807) is 12.1 Å². The van der Waals surface area contributed by atoms with Gasteiger partial charge in [0.05, 0.1) is 40.0 Å². The number of ether oxygens (including phenoxy) is 7. The Morgan fingerprint density at radius 3 is 2.06 bits per heavy atom. The highest BCUT2D eigenvalue weighted by Crippen LogP contribution is 2.52. The van der Waals surface area contributed by atoms with Gasteiger partial charge in [-0.25, -0.2) is 0 Å². The van der Waals surface area contributed by atoms with Crippen LogP contribution in [0.25, 0.3) is 0 Å². The zero-order chi connectivity index (χ0) is 34.7. The third-order valence-electron chi connectivity index (χ3n) is 8.93. The molecule has 0 amide bonds. The number of phenolic OH excluding ortho intramolecular Hbond substituents is 1. The van der Waals surface area contributed by atoms with E-state index in [2.05, 4.69) is 0 Å². The summed E-state index contributed by atoms with van der Waals surface area (Å²) in [5, 5.41) is 91.9. The summed E-state index contributed by atoms with van der Waals surface area (Å²) in [5.74, 6) is 0.396. The highest BCUT2D eigenvalue weighted by atomic mass is 16.8. The summed E-state index contributed by atoms with van der Waals surface area (Å²) >= 11 is 0. The molecule has 16 heteroatoms. The zero-order valence-corrected chi connectivity index (χ0v) is 26.4. The molecule has 12 atom stereocenters. The molecule has 0 bridgehead atoms. The summed E-state index contributed by atoms with van der Waals surface area (Å²) in [6.45, 7) is -1.61. The molecule has 2 aromatic carbocycles. The van der Waals surface area contributed by atoms with Crippen molar-refractivity contribution in [1.29, 1.82) is 0 Å². The average molecular weight is 685 g/mol. The quantitative estimate of drug-likeness (QED) is 0.113. The van der Waals surface area contributed by atoms with Gasteiger partial charge in [0, 0.05) is 12.2 Å². The second-order valence-corrected chi connectivity index (χ2v) is 12.0. The van der Waals surface area contributed by atoms with Crippen molar-refractivity contribution in [3.63, 3.8) is 0 Å². The fourth-order valence-corrected chi connectivity index (χ4v) is 6.25. The van der Waals surface area contributed by atoms with Gasteiger partial charge in [0.25, 0.3) is 0 Å². The first kappa shape index (κ1) is 36.4. The van der Waals surface area contributed by atoms with Crippen LogP contribution in [0.15, 0.2) is 30.3 Å². The molecule has 48 heavy (non-hydrogen) atoms. The minimum Gasteiger partial charge on any atom is -0.504 e. The lowest BCUT2D eigenvalue weighted by Crippen LogP contribution is -2.64. The molecule has 16 nitrogen and oxygen atoms in total. The van der Waals surface area contributed by atoms with Crippen LogP contribution in [0.1, 0.15) is 35.1 Å². The van der Waals surface area contributed by atoms with Crippen LogP contribution in [-0.4, -0.2) is 148 Å². The molecule has 0 aliphatic carbocycles. The Balaban J connectivity index is 1.47. The van der Waals surface area contributed by atoms with Gasteiger partial charge in [-0.05, 0) is 42.2 Å². The van der Waals surface area contributed by atoms with Crippen LogP contribution in [0.2, 0.25) is 0 Å². The largest absolute Gasteiger partial charge is 0.504 e. The monoisotopic (exact) mass is 684 g/mol. The number of methoxy groups -OCH3 is 2. The predicted octanol–water partition coefficient (Wildman–Crippen LogP) is -1.81. The van der Waals surface area contributed by atoms with Crippen LogP contribution in [0.4, 0.5) is 0 Å². The molecular formula is C32H44O16. The molecule has 0 spiro atoms. The fourth-order valence-electron chi connectivity index (χ4n) is 6.25. The van der Waals surface area contributed by atoms with Crippen LogP contribution in [-0.2, 0) is 25.4 Å². The lowest BCUT2D eigenvalue weighted by molar-refractivity contribution is -0.367. The van der Waals surface area contributed by atoms with Crippen LogP contribution in [0, 0.1) is 0 Å². The number of aromatic hydroxyl groups is 1. The van der Waals surface area contributed by atoms with Crippen LogP contribution in [0.3, 0.4) is 0 Å². The summed E-state index contributed by atoms with van der Waals surface area (Å²) in [7, 11) is 2.91. The lowest BCUT2D eigenvalue weighted by Gasteiger charge is -2.46. The minimum atomic E-state index is -1.82. The van der Waals surface area contributed by atoms with Gasteiger partial charge in [0.15, 0.2) is 35.6 Å². The zero-order valence-electron chi connectivity index (χ0n) is 26.4. The molecule has 3 aliphatic heterocycles. The van der Waals surface area contributed by atoms with Gasteiger partial charge in [-0.15, -0.1) is 0 Å². The maximum absolute atomic E-state index is 11.1. The van der Waals surface area contributed by atoms with E-state index >= 15 is 0 Å². The number of rotatable bonds is 13. The second-order valence-electron chi connectivity index (χ2n) is 12.0. The molecule has 5 rings (SSSR count). The predicted molar refractivity (Wildman–Crippen MR) is 162 cm³/mol. The molecule has 0 unspecified atom stereocenters. The van der Waals surface area contributed by atoms with Gasteiger partial charge in [0.1, 0.15) is 54.9 Å². The van der Waals surface area contributed by atoms with Crippen molar-refractivity contribution in [1.82, 2.24) is 0 Å². The number of benzene rings is 2. The van der Waals surface area contributed by atoms with E-state index in [0.717, 1.165) is 5.56 Å². The number of aliphatic hydroxyl groups is 8. The third kappa shape index (κ3) is 7.21. The SMILES string of the molecule is COc1cc([C@H]2Oc3c(OC)cc(CCCO)cc3[C@@H]2CO[C@@H]2O[C@H](CO)[C@@H](O)[C@H](O)[C@H]2O[C@@H]2O[C@H](CO)[C@@H](O)[C@H](O)[C@H]2O)ccc1O. The molecule has 0 aromatic heterocycles. The number of aliphatic hydroxyl groups excluding tert-OH is 8. The molecule has 2 aromatic rings. The first-order chi connectivity index (χ1) is 23.1. The van der Waals surface area contributed by atoms with Crippen LogP contribution < -0.4 is 14.2 Å². The number of hydrogen-bond acceptors (Lipinski definition) is 16. The Hall–Kier alpha value is -2.84. The van der Waals surface area contributed by atoms with Crippen molar-refractivity contribution in [2.24, 2.45) is 0 Å². The summed E-state index contributed by atoms with van der Waals surface area (Å²) in [4.78, 5) is 0. The van der Waals surface area contributed by atoms with E-state index in [-0.39, 0.29) is 24.7 Å². The molecular weight excluding hydrogens is 640 g/mol. The highest BCUT2D eigenvalue weighted by Gasteiger charge is 2.51. The minimum absolute atomic E-state index is 0.0204. The molecule has 268 valence electrons. The molecule has 3 aliphatic rings. The molecule has 0 saturated carbocycles. The normalized spacial score (nSPS) is 34.8. The molecule has 9 N–H and O–H groups in total. The van der Waals surface area contributed by atoms with Gasteiger partial charge in [-0.3, -0.25) is 0 Å². The van der Waals surface area contributed by atoms with Crippen LogP contribution in [0.5, 0.6) is 23.0 Å². The van der Waals surface area contributed by atoms with E-state index in [9.17, 15) is 46.0 Å². The number of phenols is 1. The molecule has 2 fully saturated rings. The number of aryl methyl sites for hydroxylation is 1. The summed E-state index contributed by atoms with van der Waals surface area (Å²) in [5.41, 5.74) is 2.14. The van der Waals surface area contributed by atoms with Gasteiger partial charge < -0.3 is 79.1 Å². The fraction of sp³-hybridized carbons (Fsp3) is 0.625. The Bertz CT molecular complexity index is 1360. The van der Waals surface area contributed by atoms with Crippen molar-refractivity contribution < 1.29 is 79.1 Å². The number of fused-ring (bicyclic) bond motifs is 1. The molecule has 3 heterocycles. The lowest BCUT2D eigenvalue weighted by atomic mass is 9.90. The Morgan fingerprint density at radius 1 is 0.750 bits per heavy atom. The van der Waals surface area contributed by atoms with E-state index in [1.165, 1.54) is 20.3 Å². The molecule has 2 saturated heterocycles. The summed E-state index contributed by atoms with van der Waals surface area (Å²) in [6.07, 6.45) is -15.7. The topological polar surface area (TPSA) is 247 Å². The van der Waals surface area contributed by atoms with Crippen LogP contribution >= 0.6 is 0 Å².